The van der Waals surface area contributed by atoms with Gasteiger partial charge in [-0.05, 0) is 42.7 Å². The highest BCUT2D eigenvalue weighted by atomic mass is 35.5. The second-order valence-electron chi connectivity index (χ2n) is 6.77. The van der Waals surface area contributed by atoms with Crippen molar-refractivity contribution in [3.05, 3.63) is 59.1 Å². The number of methoxy groups -OCH3 is 1. The maximum atomic E-state index is 12.8. The SMILES string of the molecule is COc1ccccc1NC(=O)C1CCCN(S(=O)(=O)Cc2cccc(Cl)c2)C1. The Hall–Kier alpha value is -2.09. The number of rotatable bonds is 6. The first-order valence-corrected chi connectivity index (χ1v) is 11.0. The Bertz CT molecular complexity index is 949. The second kappa shape index (κ2) is 8.94. The summed E-state index contributed by atoms with van der Waals surface area (Å²) in [4.78, 5) is 12.7. The number of nitrogens with one attached hydrogen (secondary N) is 1. The molecule has 150 valence electrons. The molecule has 1 aliphatic rings. The Labute approximate surface area is 170 Å². The number of benzene rings is 2. The fraction of sp³-hybridized carbons (Fsp3) is 0.350. The van der Waals surface area contributed by atoms with Crippen molar-refractivity contribution in [1.29, 1.82) is 0 Å². The van der Waals surface area contributed by atoms with Crippen molar-refractivity contribution in [2.45, 2.75) is 18.6 Å². The highest BCUT2D eigenvalue weighted by molar-refractivity contribution is 7.88. The second-order valence-corrected chi connectivity index (χ2v) is 9.18. The third-order valence-electron chi connectivity index (χ3n) is 4.75. The molecule has 0 radical (unpaired) electrons. The predicted molar refractivity (Wildman–Crippen MR) is 110 cm³/mol. The molecule has 1 aliphatic heterocycles. The van der Waals surface area contributed by atoms with Gasteiger partial charge in [-0.1, -0.05) is 35.9 Å². The molecule has 6 nitrogen and oxygen atoms in total. The first kappa shape index (κ1) is 20.6. The van der Waals surface area contributed by atoms with Crippen LogP contribution in [-0.4, -0.2) is 38.8 Å². The molecule has 8 heteroatoms. The van der Waals surface area contributed by atoms with Crippen molar-refractivity contribution >= 4 is 33.2 Å². The van der Waals surface area contributed by atoms with Crippen LogP contribution in [0.1, 0.15) is 18.4 Å². The van der Waals surface area contributed by atoms with Crippen LogP contribution in [0.3, 0.4) is 0 Å². The maximum Gasteiger partial charge on any atom is 0.228 e. The highest BCUT2D eigenvalue weighted by Gasteiger charge is 2.32. The standard InChI is InChI=1S/C20H23ClN2O4S/c1-27-19-10-3-2-9-18(19)22-20(24)16-7-5-11-23(13-16)28(25,26)14-15-6-4-8-17(21)12-15/h2-4,6,8-10,12,16H,5,7,11,13-14H2,1H3,(H,22,24). The van der Waals surface area contributed by atoms with Gasteiger partial charge >= 0.3 is 0 Å². The molecule has 1 atom stereocenters. The van der Waals surface area contributed by atoms with Gasteiger partial charge in [0.15, 0.2) is 0 Å². The van der Waals surface area contributed by atoms with Gasteiger partial charge in [0.2, 0.25) is 15.9 Å². The van der Waals surface area contributed by atoms with Gasteiger partial charge in [-0.25, -0.2) is 12.7 Å². The van der Waals surface area contributed by atoms with E-state index >= 15 is 0 Å². The van der Waals surface area contributed by atoms with E-state index in [-0.39, 0.29) is 18.2 Å². The van der Waals surface area contributed by atoms with E-state index in [4.69, 9.17) is 16.3 Å². The van der Waals surface area contributed by atoms with Crippen LogP contribution in [0.4, 0.5) is 5.69 Å². The molecule has 3 rings (SSSR count). The molecule has 1 saturated heterocycles. The third kappa shape index (κ3) is 5.04. The minimum absolute atomic E-state index is 0.131. The summed E-state index contributed by atoms with van der Waals surface area (Å²) in [7, 11) is -2.00. The number of amides is 1. The van der Waals surface area contributed by atoms with Gasteiger partial charge in [-0.15, -0.1) is 0 Å². The van der Waals surface area contributed by atoms with Crippen molar-refractivity contribution in [2.24, 2.45) is 5.92 Å². The van der Waals surface area contributed by atoms with Crippen molar-refractivity contribution in [1.82, 2.24) is 4.31 Å². The number of sulfonamides is 1. The van der Waals surface area contributed by atoms with E-state index in [0.717, 1.165) is 0 Å². The molecule has 2 aromatic rings. The lowest BCUT2D eigenvalue weighted by Gasteiger charge is -2.31. The number of hydrogen-bond donors (Lipinski definition) is 1. The topological polar surface area (TPSA) is 75.7 Å². The summed E-state index contributed by atoms with van der Waals surface area (Å²) < 4.78 is 32.3. The minimum Gasteiger partial charge on any atom is -0.495 e. The fourth-order valence-corrected chi connectivity index (χ4v) is 5.13. The van der Waals surface area contributed by atoms with Crippen LogP contribution < -0.4 is 10.1 Å². The summed E-state index contributed by atoms with van der Waals surface area (Å²) in [6.07, 6.45) is 1.28. The van der Waals surface area contributed by atoms with Crippen molar-refractivity contribution in [3.63, 3.8) is 0 Å². The van der Waals surface area contributed by atoms with Gasteiger partial charge in [0, 0.05) is 18.1 Å². The first-order chi connectivity index (χ1) is 13.4. The number of piperidine rings is 1. The van der Waals surface area contributed by atoms with Gasteiger partial charge in [0.05, 0.1) is 24.5 Å². The molecule has 0 bridgehead atoms. The maximum absolute atomic E-state index is 12.8. The molecule has 1 amide bonds. The summed E-state index contributed by atoms with van der Waals surface area (Å²) >= 11 is 5.95. The van der Waals surface area contributed by atoms with Crippen LogP contribution in [0.2, 0.25) is 5.02 Å². The molecule has 28 heavy (non-hydrogen) atoms. The summed E-state index contributed by atoms with van der Waals surface area (Å²) in [5.41, 5.74) is 1.21. The average molecular weight is 423 g/mol. The Kier molecular flexibility index (Phi) is 6.59. The molecule has 1 N–H and O–H groups in total. The Morgan fingerprint density at radius 1 is 1.25 bits per heavy atom. The van der Waals surface area contributed by atoms with Crippen LogP contribution in [0.5, 0.6) is 5.75 Å². The average Bonchev–Trinajstić information content (AvgIpc) is 2.68. The van der Waals surface area contributed by atoms with Crippen LogP contribution in [0.15, 0.2) is 48.5 Å². The Morgan fingerprint density at radius 2 is 2.04 bits per heavy atom. The van der Waals surface area contributed by atoms with Crippen LogP contribution in [-0.2, 0) is 20.6 Å². The normalized spacial score (nSPS) is 17.9. The number of carbonyl (C=O) groups excluding carboxylic acids is 1. The molecule has 1 heterocycles. The zero-order valence-electron chi connectivity index (χ0n) is 15.6. The summed E-state index contributed by atoms with van der Waals surface area (Å²) in [5, 5.41) is 3.36. The molecule has 2 aromatic carbocycles. The first-order valence-electron chi connectivity index (χ1n) is 9.05. The number of hydrogen-bond acceptors (Lipinski definition) is 4. The number of ether oxygens (including phenoxy) is 1. The van der Waals surface area contributed by atoms with Crippen LogP contribution >= 0.6 is 11.6 Å². The Morgan fingerprint density at radius 3 is 2.79 bits per heavy atom. The van der Waals surface area contributed by atoms with Crippen molar-refractivity contribution in [3.8, 4) is 5.75 Å². The number of halogens is 1. The molecule has 1 unspecified atom stereocenters. The molecule has 0 spiro atoms. The van der Waals surface area contributed by atoms with Gasteiger partial charge in [0.25, 0.3) is 0 Å². The van der Waals surface area contributed by atoms with E-state index in [1.54, 1.807) is 42.5 Å². The van der Waals surface area contributed by atoms with Crippen LogP contribution in [0, 0.1) is 5.92 Å². The molecular weight excluding hydrogens is 400 g/mol. The molecule has 0 saturated carbocycles. The number of para-hydroxylation sites is 2. The third-order valence-corrected chi connectivity index (χ3v) is 6.80. The zero-order valence-corrected chi connectivity index (χ0v) is 17.2. The van der Waals surface area contributed by atoms with Crippen molar-refractivity contribution < 1.29 is 17.9 Å². The van der Waals surface area contributed by atoms with E-state index in [2.05, 4.69) is 5.32 Å². The molecule has 0 aliphatic carbocycles. The monoisotopic (exact) mass is 422 g/mol. The molecule has 1 fully saturated rings. The van der Waals surface area contributed by atoms with E-state index in [1.165, 1.54) is 11.4 Å². The smallest absolute Gasteiger partial charge is 0.228 e. The van der Waals surface area contributed by atoms with Gasteiger partial charge < -0.3 is 10.1 Å². The van der Waals surface area contributed by atoms with Gasteiger partial charge in [-0.3, -0.25) is 4.79 Å². The lowest BCUT2D eigenvalue weighted by molar-refractivity contribution is -0.120. The quantitative estimate of drug-likeness (QED) is 0.772. The summed E-state index contributed by atoms with van der Waals surface area (Å²) in [6, 6.07) is 14.0. The zero-order chi connectivity index (χ0) is 20.1. The van der Waals surface area contributed by atoms with Crippen molar-refractivity contribution in [2.75, 3.05) is 25.5 Å². The number of nitrogens with zero attached hydrogens (tertiary/aromatic N) is 1. The largest absolute Gasteiger partial charge is 0.495 e. The lowest BCUT2D eigenvalue weighted by Crippen LogP contribution is -2.44. The molecular formula is C20H23ClN2O4S. The van der Waals surface area contributed by atoms with Gasteiger partial charge in [0.1, 0.15) is 5.75 Å². The van der Waals surface area contributed by atoms with E-state index in [9.17, 15) is 13.2 Å². The summed E-state index contributed by atoms with van der Waals surface area (Å²) in [6.45, 7) is 0.589. The number of carbonyl (C=O) groups is 1. The summed E-state index contributed by atoms with van der Waals surface area (Å²) in [5.74, 6) is -0.175. The minimum atomic E-state index is -3.54. The predicted octanol–water partition coefficient (Wildman–Crippen LogP) is 3.53. The lowest BCUT2D eigenvalue weighted by atomic mass is 9.98. The number of anilines is 1. The van der Waals surface area contributed by atoms with E-state index < -0.39 is 15.9 Å². The van der Waals surface area contributed by atoms with E-state index in [1.807, 2.05) is 6.07 Å². The Balaban J connectivity index is 1.68. The highest BCUT2D eigenvalue weighted by Crippen LogP contribution is 2.27. The fourth-order valence-electron chi connectivity index (χ4n) is 3.32. The van der Waals surface area contributed by atoms with E-state index in [0.29, 0.717) is 41.4 Å². The van der Waals surface area contributed by atoms with Gasteiger partial charge in [-0.2, -0.15) is 0 Å². The molecule has 0 aromatic heterocycles. The van der Waals surface area contributed by atoms with Crippen LogP contribution in [0.25, 0.3) is 0 Å².